The van der Waals surface area contributed by atoms with E-state index in [4.69, 9.17) is 4.98 Å². The molecule has 0 spiro atoms. The van der Waals surface area contributed by atoms with Gasteiger partial charge in [0.2, 0.25) is 0 Å². The van der Waals surface area contributed by atoms with Gasteiger partial charge in [-0.1, -0.05) is 19.3 Å². The van der Waals surface area contributed by atoms with Gasteiger partial charge in [-0.3, -0.25) is 4.98 Å². The molecular formula is C23H26N2. The zero-order valence-electron chi connectivity index (χ0n) is 14.8. The number of nitrogens with one attached hydrogen (secondary N) is 1. The van der Waals surface area contributed by atoms with E-state index >= 15 is 0 Å². The molecule has 4 unspecified atom stereocenters. The second-order valence-electron chi connectivity index (χ2n) is 8.65. The smallest absolute Gasteiger partial charge is 0.0758 e. The predicted molar refractivity (Wildman–Crippen MR) is 103 cm³/mol. The number of hydrogen-bond donors (Lipinski definition) is 1. The SMILES string of the molecule is c1cnc2c3c(c4cc[nH]c4c2c1)C1CCC2CCCCC2C1CC3. The Bertz CT molecular complexity index is 953. The van der Waals surface area contributed by atoms with E-state index in [1.807, 2.05) is 6.20 Å². The lowest BCUT2D eigenvalue weighted by Crippen LogP contribution is -2.38. The van der Waals surface area contributed by atoms with Crippen molar-refractivity contribution in [1.82, 2.24) is 9.97 Å². The van der Waals surface area contributed by atoms with E-state index in [9.17, 15) is 0 Å². The highest BCUT2D eigenvalue weighted by Crippen LogP contribution is 2.56. The quantitative estimate of drug-likeness (QED) is 0.541. The highest BCUT2D eigenvalue weighted by Gasteiger charge is 2.44. The van der Waals surface area contributed by atoms with Crippen LogP contribution in [-0.2, 0) is 6.42 Å². The Morgan fingerprint density at radius 1 is 0.920 bits per heavy atom. The minimum Gasteiger partial charge on any atom is -0.361 e. The topological polar surface area (TPSA) is 28.7 Å². The van der Waals surface area contributed by atoms with Gasteiger partial charge in [0.15, 0.2) is 0 Å². The molecule has 2 fully saturated rings. The molecule has 2 nitrogen and oxygen atoms in total. The fourth-order valence-electron chi connectivity index (χ4n) is 6.78. The second-order valence-corrected chi connectivity index (χ2v) is 8.65. The summed E-state index contributed by atoms with van der Waals surface area (Å²) in [7, 11) is 0. The van der Waals surface area contributed by atoms with Gasteiger partial charge >= 0.3 is 0 Å². The molecule has 0 amide bonds. The summed E-state index contributed by atoms with van der Waals surface area (Å²) in [6.07, 6.45) is 15.5. The summed E-state index contributed by atoms with van der Waals surface area (Å²) in [5.41, 5.74) is 5.81. The molecule has 1 N–H and O–H groups in total. The average molecular weight is 330 g/mol. The standard InChI is InChI=1S/C23H26N2/c1-2-5-15-14(4-1)7-8-17-16(15)9-10-18-21(17)19-11-13-25-23(19)20-6-3-12-24-22(18)20/h3,6,11-17,25H,1-2,4-5,7-10H2. The third-order valence-corrected chi connectivity index (χ3v) is 7.71. The molecule has 2 aromatic heterocycles. The third kappa shape index (κ3) is 1.94. The second kappa shape index (κ2) is 5.33. The number of pyridine rings is 1. The van der Waals surface area contributed by atoms with E-state index in [1.54, 1.807) is 11.1 Å². The van der Waals surface area contributed by atoms with Crippen LogP contribution in [0.3, 0.4) is 0 Å². The van der Waals surface area contributed by atoms with E-state index in [0.29, 0.717) is 0 Å². The first-order valence-corrected chi connectivity index (χ1v) is 10.3. The first-order chi connectivity index (χ1) is 12.4. The molecule has 1 aromatic carbocycles. The fourth-order valence-corrected chi connectivity index (χ4v) is 6.78. The normalized spacial score (nSPS) is 31.5. The molecule has 0 radical (unpaired) electrons. The predicted octanol–water partition coefficient (Wildman–Crippen LogP) is 5.96. The van der Waals surface area contributed by atoms with Gasteiger partial charge in [0.05, 0.1) is 11.0 Å². The monoisotopic (exact) mass is 330 g/mol. The third-order valence-electron chi connectivity index (χ3n) is 7.71. The zero-order chi connectivity index (χ0) is 16.4. The minimum absolute atomic E-state index is 0.771. The molecular weight excluding hydrogens is 304 g/mol. The van der Waals surface area contributed by atoms with E-state index in [0.717, 1.165) is 23.7 Å². The lowest BCUT2D eigenvalue weighted by Gasteiger charge is -2.48. The fraction of sp³-hybridized carbons (Fsp3) is 0.522. The van der Waals surface area contributed by atoms with Crippen molar-refractivity contribution in [2.45, 2.75) is 57.3 Å². The molecule has 25 heavy (non-hydrogen) atoms. The van der Waals surface area contributed by atoms with Gasteiger partial charge in [0, 0.05) is 23.2 Å². The molecule has 2 saturated carbocycles. The number of benzene rings is 1. The van der Waals surface area contributed by atoms with Crippen LogP contribution in [0.1, 0.15) is 62.0 Å². The summed E-state index contributed by atoms with van der Waals surface area (Å²) in [5.74, 6) is 3.71. The van der Waals surface area contributed by atoms with Crippen molar-refractivity contribution in [2.24, 2.45) is 17.8 Å². The van der Waals surface area contributed by atoms with Gasteiger partial charge in [-0.05, 0) is 85.1 Å². The van der Waals surface area contributed by atoms with E-state index < -0.39 is 0 Å². The van der Waals surface area contributed by atoms with Crippen molar-refractivity contribution in [1.29, 1.82) is 0 Å². The lowest BCUT2D eigenvalue weighted by molar-refractivity contribution is 0.0744. The van der Waals surface area contributed by atoms with Crippen molar-refractivity contribution in [2.75, 3.05) is 0 Å². The molecule has 128 valence electrons. The van der Waals surface area contributed by atoms with Gasteiger partial charge in [0.1, 0.15) is 0 Å². The van der Waals surface area contributed by atoms with E-state index in [1.165, 1.54) is 73.2 Å². The van der Waals surface area contributed by atoms with Crippen LogP contribution >= 0.6 is 0 Å². The largest absolute Gasteiger partial charge is 0.361 e. The van der Waals surface area contributed by atoms with Gasteiger partial charge in [-0.15, -0.1) is 0 Å². The minimum atomic E-state index is 0.771. The molecule has 3 aromatic rings. The molecule has 0 aliphatic heterocycles. The number of hydrogen-bond acceptors (Lipinski definition) is 1. The van der Waals surface area contributed by atoms with Crippen molar-refractivity contribution in [3.63, 3.8) is 0 Å². The maximum atomic E-state index is 4.82. The maximum absolute atomic E-state index is 4.82. The van der Waals surface area contributed by atoms with Gasteiger partial charge < -0.3 is 4.98 Å². The number of H-pyrrole nitrogens is 1. The molecule has 3 aliphatic carbocycles. The summed E-state index contributed by atoms with van der Waals surface area (Å²) in [5, 5.41) is 2.80. The van der Waals surface area contributed by atoms with Crippen LogP contribution in [0.5, 0.6) is 0 Å². The summed E-state index contributed by atoms with van der Waals surface area (Å²) < 4.78 is 0. The Morgan fingerprint density at radius 3 is 2.88 bits per heavy atom. The number of rotatable bonds is 0. The Hall–Kier alpha value is -1.83. The van der Waals surface area contributed by atoms with Crippen LogP contribution in [0, 0.1) is 17.8 Å². The molecule has 2 heterocycles. The van der Waals surface area contributed by atoms with Crippen LogP contribution in [0.15, 0.2) is 30.6 Å². The van der Waals surface area contributed by atoms with Crippen molar-refractivity contribution >= 4 is 21.8 Å². The summed E-state index contributed by atoms with van der Waals surface area (Å²) in [4.78, 5) is 8.35. The number of aromatic nitrogens is 2. The highest BCUT2D eigenvalue weighted by atomic mass is 14.7. The van der Waals surface area contributed by atoms with Crippen molar-refractivity contribution < 1.29 is 0 Å². The summed E-state index contributed by atoms with van der Waals surface area (Å²) in [6, 6.07) is 6.65. The maximum Gasteiger partial charge on any atom is 0.0758 e. The first kappa shape index (κ1) is 14.4. The molecule has 3 aliphatic rings. The van der Waals surface area contributed by atoms with E-state index in [-0.39, 0.29) is 0 Å². The van der Waals surface area contributed by atoms with Crippen LogP contribution in [0.2, 0.25) is 0 Å². The van der Waals surface area contributed by atoms with Gasteiger partial charge in [-0.2, -0.15) is 0 Å². The average Bonchev–Trinajstić information content (AvgIpc) is 3.17. The Kier molecular flexibility index (Phi) is 3.06. The zero-order valence-corrected chi connectivity index (χ0v) is 14.8. The molecule has 0 bridgehead atoms. The summed E-state index contributed by atoms with van der Waals surface area (Å²) >= 11 is 0. The number of nitrogens with zero attached hydrogens (tertiary/aromatic N) is 1. The number of aryl methyl sites for hydroxylation is 1. The van der Waals surface area contributed by atoms with Crippen LogP contribution in [-0.4, -0.2) is 9.97 Å². The van der Waals surface area contributed by atoms with Gasteiger partial charge in [0.25, 0.3) is 0 Å². The Morgan fingerprint density at radius 2 is 1.88 bits per heavy atom. The lowest BCUT2D eigenvalue weighted by atomic mass is 9.56. The van der Waals surface area contributed by atoms with Crippen LogP contribution in [0.4, 0.5) is 0 Å². The molecule has 6 rings (SSSR count). The van der Waals surface area contributed by atoms with Gasteiger partial charge in [-0.25, -0.2) is 0 Å². The van der Waals surface area contributed by atoms with Crippen molar-refractivity contribution in [3.05, 3.63) is 41.7 Å². The molecule has 4 atom stereocenters. The van der Waals surface area contributed by atoms with E-state index in [2.05, 4.69) is 29.4 Å². The van der Waals surface area contributed by atoms with Crippen LogP contribution in [0.25, 0.3) is 21.8 Å². The highest BCUT2D eigenvalue weighted by molar-refractivity contribution is 6.07. The Balaban J connectivity index is 1.58. The molecule has 2 heteroatoms. The van der Waals surface area contributed by atoms with Crippen molar-refractivity contribution in [3.8, 4) is 0 Å². The number of aromatic amines is 1. The summed E-state index contributed by atoms with van der Waals surface area (Å²) in [6.45, 7) is 0. The molecule has 0 saturated heterocycles. The number of fused-ring (bicyclic) bond motifs is 10. The Labute approximate surface area is 149 Å². The first-order valence-electron chi connectivity index (χ1n) is 10.3. The van der Waals surface area contributed by atoms with Crippen LogP contribution < -0.4 is 0 Å².